The molecule has 3 heterocycles. The third-order valence-corrected chi connectivity index (χ3v) is 3.64. The Labute approximate surface area is 142 Å². The van der Waals surface area contributed by atoms with Crippen LogP contribution in [-0.2, 0) is 6.54 Å². The molecule has 11 heteroatoms. The summed E-state index contributed by atoms with van der Waals surface area (Å²) < 4.78 is 79.3. The fraction of sp³-hybridized carbons (Fsp3) is 0.267. The van der Waals surface area contributed by atoms with Gasteiger partial charge in [0.15, 0.2) is 0 Å². The SMILES string of the molecule is CO[n+]1cccc(F)c1-c1cc2cnn(CC(F)(F)C(F)(F)F)c2cn1. The molecule has 0 bridgehead atoms. The lowest BCUT2D eigenvalue weighted by Gasteiger charge is -2.19. The molecule has 0 saturated heterocycles. The lowest BCUT2D eigenvalue weighted by Crippen LogP contribution is -2.43. The number of rotatable bonds is 4. The molecule has 0 amide bonds. The third-order valence-electron chi connectivity index (χ3n) is 3.64. The Bertz CT molecular complexity index is 953. The normalized spacial score (nSPS) is 12.6. The van der Waals surface area contributed by atoms with Crippen LogP contribution in [-0.4, -0.2) is 34.0 Å². The smallest absolute Gasteiger partial charge is 0.274 e. The van der Waals surface area contributed by atoms with Crippen LogP contribution >= 0.6 is 0 Å². The number of hydrogen-bond donors (Lipinski definition) is 0. The maximum Gasteiger partial charge on any atom is 0.455 e. The van der Waals surface area contributed by atoms with E-state index in [0.29, 0.717) is 4.68 Å². The maximum atomic E-state index is 14.1. The molecule has 0 saturated carbocycles. The van der Waals surface area contributed by atoms with Crippen LogP contribution in [0.3, 0.4) is 0 Å². The van der Waals surface area contributed by atoms with Crippen LogP contribution in [0.2, 0.25) is 0 Å². The van der Waals surface area contributed by atoms with Gasteiger partial charge in [-0.2, -0.15) is 31.4 Å². The second-order valence-corrected chi connectivity index (χ2v) is 5.35. The van der Waals surface area contributed by atoms with E-state index in [0.717, 1.165) is 17.1 Å². The lowest BCUT2D eigenvalue weighted by atomic mass is 10.2. The molecule has 0 fully saturated rings. The van der Waals surface area contributed by atoms with Crippen molar-refractivity contribution in [1.82, 2.24) is 14.8 Å². The predicted molar refractivity (Wildman–Crippen MR) is 76.6 cm³/mol. The fourth-order valence-corrected chi connectivity index (χ4v) is 2.36. The molecule has 3 aromatic heterocycles. The van der Waals surface area contributed by atoms with E-state index in [1.165, 1.54) is 31.5 Å². The van der Waals surface area contributed by atoms with Crippen LogP contribution in [0.1, 0.15) is 0 Å². The van der Waals surface area contributed by atoms with Crippen molar-refractivity contribution < 1.29 is 35.9 Å². The zero-order chi connectivity index (χ0) is 19.1. The van der Waals surface area contributed by atoms with E-state index in [-0.39, 0.29) is 22.3 Å². The highest BCUT2D eigenvalue weighted by atomic mass is 19.4. The number of alkyl halides is 5. The molecule has 0 N–H and O–H groups in total. The average molecular weight is 377 g/mol. The quantitative estimate of drug-likeness (QED) is 0.519. The van der Waals surface area contributed by atoms with Gasteiger partial charge in [-0.3, -0.25) is 9.52 Å². The Morgan fingerprint density at radius 2 is 1.92 bits per heavy atom. The summed E-state index contributed by atoms with van der Waals surface area (Å²) in [4.78, 5) is 8.94. The third kappa shape index (κ3) is 3.04. The lowest BCUT2D eigenvalue weighted by molar-refractivity contribution is -0.877. The molecule has 0 spiro atoms. The highest BCUT2D eigenvalue weighted by Gasteiger charge is 2.57. The van der Waals surface area contributed by atoms with Gasteiger partial charge in [0.05, 0.1) is 17.9 Å². The second kappa shape index (κ2) is 6.15. The van der Waals surface area contributed by atoms with Gasteiger partial charge in [0.1, 0.15) is 19.3 Å². The van der Waals surface area contributed by atoms with Gasteiger partial charge in [-0.15, -0.1) is 0 Å². The Morgan fingerprint density at radius 1 is 1.19 bits per heavy atom. The summed E-state index contributed by atoms with van der Waals surface area (Å²) in [6, 6.07) is 3.89. The van der Waals surface area contributed by atoms with E-state index < -0.39 is 24.5 Å². The standard InChI is InChI=1S/C15H11F6N4O/c1-26-25-4-2-3-10(16)13(25)11-5-9-6-23-24(12(9)7-22-11)8-14(17,18)15(19,20)21/h2-7H,8H2,1H3/q+1. The molecule has 0 unspecified atom stereocenters. The second-order valence-electron chi connectivity index (χ2n) is 5.35. The first-order valence-corrected chi connectivity index (χ1v) is 7.15. The van der Waals surface area contributed by atoms with Crippen LogP contribution in [0.25, 0.3) is 22.3 Å². The monoisotopic (exact) mass is 377 g/mol. The van der Waals surface area contributed by atoms with Gasteiger partial charge in [0.25, 0.3) is 0 Å². The largest absolute Gasteiger partial charge is 0.455 e. The van der Waals surface area contributed by atoms with Crippen molar-refractivity contribution in [3.05, 3.63) is 42.6 Å². The number of fused-ring (bicyclic) bond motifs is 1. The van der Waals surface area contributed by atoms with Gasteiger partial charge in [0.2, 0.25) is 12.0 Å². The molecular weight excluding hydrogens is 366 g/mol. The summed E-state index contributed by atoms with van der Waals surface area (Å²) in [6.07, 6.45) is -2.12. The van der Waals surface area contributed by atoms with Gasteiger partial charge < -0.3 is 0 Å². The topological polar surface area (TPSA) is 43.8 Å². The number of nitrogens with zero attached hydrogens (tertiary/aromatic N) is 4. The molecule has 3 aromatic rings. The van der Waals surface area contributed by atoms with E-state index in [1.807, 2.05) is 0 Å². The minimum atomic E-state index is -5.70. The summed E-state index contributed by atoms with van der Waals surface area (Å²) in [5.74, 6) is -5.60. The van der Waals surface area contributed by atoms with Gasteiger partial charge in [-0.05, 0) is 12.1 Å². The molecule has 0 radical (unpaired) electrons. The summed E-state index contributed by atoms with van der Waals surface area (Å²) in [5.41, 5.74) is 0.0165. The first-order valence-electron chi connectivity index (χ1n) is 7.15. The van der Waals surface area contributed by atoms with Gasteiger partial charge in [-0.1, -0.05) is 0 Å². The van der Waals surface area contributed by atoms with E-state index in [1.54, 1.807) is 0 Å². The van der Waals surface area contributed by atoms with Crippen molar-refractivity contribution in [2.45, 2.75) is 18.6 Å². The van der Waals surface area contributed by atoms with Crippen LogP contribution in [0.5, 0.6) is 0 Å². The molecule has 0 atom stereocenters. The van der Waals surface area contributed by atoms with Crippen molar-refractivity contribution >= 4 is 10.9 Å². The molecule has 0 aliphatic carbocycles. The zero-order valence-electron chi connectivity index (χ0n) is 13.1. The van der Waals surface area contributed by atoms with Crippen molar-refractivity contribution in [1.29, 1.82) is 0 Å². The highest BCUT2D eigenvalue weighted by Crippen LogP contribution is 2.37. The first kappa shape index (κ1) is 18.0. The average Bonchev–Trinajstić information content (AvgIpc) is 2.95. The van der Waals surface area contributed by atoms with Gasteiger partial charge >= 0.3 is 17.8 Å². The number of hydrogen-bond acceptors (Lipinski definition) is 3. The predicted octanol–water partition coefficient (Wildman–Crippen LogP) is 2.78. The molecule has 0 aromatic carbocycles. The molecule has 0 aliphatic heterocycles. The van der Waals surface area contributed by atoms with Gasteiger partial charge in [0, 0.05) is 16.2 Å². The van der Waals surface area contributed by atoms with Gasteiger partial charge in [-0.25, -0.2) is 4.98 Å². The number of halogens is 6. The van der Waals surface area contributed by atoms with Crippen molar-refractivity contribution in [3.8, 4) is 11.4 Å². The highest BCUT2D eigenvalue weighted by molar-refractivity contribution is 5.81. The van der Waals surface area contributed by atoms with Crippen molar-refractivity contribution in [2.75, 3.05) is 7.11 Å². The zero-order valence-corrected chi connectivity index (χ0v) is 13.1. The summed E-state index contributed by atoms with van der Waals surface area (Å²) in [7, 11) is 1.30. The molecule has 0 aliphatic rings. The molecule has 3 rings (SSSR count). The van der Waals surface area contributed by atoms with Crippen LogP contribution in [0.15, 0.2) is 36.8 Å². The summed E-state index contributed by atoms with van der Waals surface area (Å²) in [5, 5.41) is 3.78. The Hall–Kier alpha value is -2.85. The molecule has 5 nitrogen and oxygen atoms in total. The minimum absolute atomic E-state index is 0.0368. The molecule has 26 heavy (non-hydrogen) atoms. The Balaban J connectivity index is 2.04. The maximum absolute atomic E-state index is 14.1. The summed E-state index contributed by atoms with van der Waals surface area (Å²) in [6.45, 7) is -1.68. The Kier molecular flexibility index (Phi) is 4.24. The van der Waals surface area contributed by atoms with Crippen LogP contribution < -0.4 is 9.57 Å². The molecule has 138 valence electrons. The summed E-state index contributed by atoms with van der Waals surface area (Å²) >= 11 is 0. The first-order chi connectivity index (χ1) is 12.1. The Morgan fingerprint density at radius 3 is 2.58 bits per heavy atom. The fourth-order valence-electron chi connectivity index (χ4n) is 2.36. The van der Waals surface area contributed by atoms with Crippen LogP contribution in [0, 0.1) is 5.82 Å². The van der Waals surface area contributed by atoms with Crippen LogP contribution in [0.4, 0.5) is 26.3 Å². The number of pyridine rings is 2. The van der Waals surface area contributed by atoms with Crippen molar-refractivity contribution in [3.63, 3.8) is 0 Å². The van der Waals surface area contributed by atoms with Crippen molar-refractivity contribution in [2.24, 2.45) is 0 Å². The number of aromatic nitrogens is 4. The van der Waals surface area contributed by atoms with E-state index in [4.69, 9.17) is 4.84 Å². The minimum Gasteiger partial charge on any atom is -0.274 e. The van der Waals surface area contributed by atoms with E-state index in [9.17, 15) is 26.3 Å². The van der Waals surface area contributed by atoms with E-state index in [2.05, 4.69) is 10.1 Å². The molecular formula is C15H11F6N4O+. The van der Waals surface area contributed by atoms with E-state index >= 15 is 0 Å².